The monoisotopic (exact) mass is 303 g/mol. The molecule has 0 aliphatic rings. The van der Waals surface area contributed by atoms with Crippen LogP contribution in [0.15, 0.2) is 36.4 Å². The summed E-state index contributed by atoms with van der Waals surface area (Å²) in [5.41, 5.74) is 7.47. The number of hydrogen-bond donors (Lipinski definition) is 2. The van der Waals surface area contributed by atoms with Crippen molar-refractivity contribution in [1.82, 2.24) is 0 Å². The zero-order chi connectivity index (χ0) is 16.1. The highest BCUT2D eigenvalue weighted by Crippen LogP contribution is 2.32. The van der Waals surface area contributed by atoms with Crippen LogP contribution in [0.4, 0.5) is 17.1 Å². The second-order valence-corrected chi connectivity index (χ2v) is 4.50. The maximum absolute atomic E-state index is 11.1. The lowest BCUT2D eigenvalue weighted by Gasteiger charge is -2.12. The van der Waals surface area contributed by atoms with Gasteiger partial charge < -0.3 is 20.5 Å². The molecular formula is C15H17N3O4. The third-order valence-electron chi connectivity index (χ3n) is 3.18. The number of ether oxygens (including phenoxy) is 2. The van der Waals surface area contributed by atoms with E-state index in [1.54, 1.807) is 37.4 Å². The van der Waals surface area contributed by atoms with Gasteiger partial charge in [-0.15, -0.1) is 0 Å². The van der Waals surface area contributed by atoms with Crippen LogP contribution in [0.5, 0.6) is 11.5 Å². The van der Waals surface area contributed by atoms with E-state index in [1.165, 1.54) is 13.2 Å². The standard InChI is InChI=1S/C15H17N3O4/c1-21-12-4-5-14(18(19)20)13(8-12)17-11-3-6-15(22-2)10(7-11)9-16/h3-8,17H,9,16H2,1-2H3. The molecule has 116 valence electrons. The van der Waals surface area contributed by atoms with Crippen molar-refractivity contribution >= 4 is 17.1 Å². The maximum atomic E-state index is 11.1. The summed E-state index contributed by atoms with van der Waals surface area (Å²) >= 11 is 0. The number of anilines is 2. The van der Waals surface area contributed by atoms with Crippen LogP contribution in [0.25, 0.3) is 0 Å². The van der Waals surface area contributed by atoms with E-state index in [0.29, 0.717) is 29.4 Å². The number of nitro benzene ring substituents is 1. The van der Waals surface area contributed by atoms with Crippen molar-refractivity contribution in [2.75, 3.05) is 19.5 Å². The van der Waals surface area contributed by atoms with Gasteiger partial charge in [0.25, 0.3) is 5.69 Å². The van der Waals surface area contributed by atoms with Crippen LogP contribution in [-0.2, 0) is 6.54 Å². The summed E-state index contributed by atoms with van der Waals surface area (Å²) in [5.74, 6) is 1.20. The predicted octanol–water partition coefficient (Wildman–Crippen LogP) is 2.81. The van der Waals surface area contributed by atoms with E-state index in [2.05, 4.69) is 5.32 Å². The van der Waals surface area contributed by atoms with Gasteiger partial charge >= 0.3 is 0 Å². The smallest absolute Gasteiger partial charge is 0.292 e. The molecule has 2 rings (SSSR count). The molecule has 0 radical (unpaired) electrons. The van der Waals surface area contributed by atoms with E-state index in [0.717, 1.165) is 5.56 Å². The number of nitrogens with zero attached hydrogens (tertiary/aromatic N) is 1. The normalized spacial score (nSPS) is 10.1. The largest absolute Gasteiger partial charge is 0.497 e. The lowest BCUT2D eigenvalue weighted by Crippen LogP contribution is -2.02. The first-order valence-electron chi connectivity index (χ1n) is 6.55. The quantitative estimate of drug-likeness (QED) is 0.628. The molecule has 22 heavy (non-hydrogen) atoms. The Morgan fingerprint density at radius 1 is 1.18 bits per heavy atom. The average molecular weight is 303 g/mol. The predicted molar refractivity (Wildman–Crippen MR) is 83.8 cm³/mol. The molecule has 0 atom stereocenters. The Balaban J connectivity index is 2.39. The van der Waals surface area contributed by atoms with E-state index < -0.39 is 4.92 Å². The first kappa shape index (κ1) is 15.6. The molecule has 0 saturated carbocycles. The summed E-state index contributed by atoms with van der Waals surface area (Å²) in [6.07, 6.45) is 0. The van der Waals surface area contributed by atoms with Crippen molar-refractivity contribution in [2.45, 2.75) is 6.54 Å². The van der Waals surface area contributed by atoms with Crippen LogP contribution in [0.2, 0.25) is 0 Å². The fourth-order valence-electron chi connectivity index (χ4n) is 2.07. The second kappa shape index (κ2) is 6.77. The number of methoxy groups -OCH3 is 2. The molecule has 0 bridgehead atoms. The first-order valence-corrected chi connectivity index (χ1v) is 6.55. The first-order chi connectivity index (χ1) is 10.6. The van der Waals surface area contributed by atoms with Crippen LogP contribution < -0.4 is 20.5 Å². The lowest BCUT2D eigenvalue weighted by molar-refractivity contribution is -0.383. The summed E-state index contributed by atoms with van der Waals surface area (Å²) in [6, 6.07) is 9.83. The van der Waals surface area contributed by atoms with E-state index in [1.807, 2.05) is 0 Å². The molecule has 0 amide bonds. The Morgan fingerprint density at radius 2 is 1.95 bits per heavy atom. The molecule has 7 heteroatoms. The molecule has 0 saturated heterocycles. The molecule has 7 nitrogen and oxygen atoms in total. The SMILES string of the molecule is COc1ccc([N+](=O)[O-])c(Nc2ccc(OC)c(CN)c2)c1. The molecule has 0 aliphatic heterocycles. The maximum Gasteiger partial charge on any atom is 0.292 e. The number of benzene rings is 2. The highest BCUT2D eigenvalue weighted by molar-refractivity contribution is 5.72. The van der Waals surface area contributed by atoms with E-state index in [-0.39, 0.29) is 5.69 Å². The van der Waals surface area contributed by atoms with Crippen molar-refractivity contribution in [3.05, 3.63) is 52.1 Å². The van der Waals surface area contributed by atoms with Gasteiger partial charge in [0.2, 0.25) is 0 Å². The van der Waals surface area contributed by atoms with Crippen LogP contribution in [0, 0.1) is 10.1 Å². The summed E-state index contributed by atoms with van der Waals surface area (Å²) in [4.78, 5) is 10.7. The molecule has 0 spiro atoms. The van der Waals surface area contributed by atoms with Gasteiger partial charge in [-0.1, -0.05) is 0 Å². The third-order valence-corrected chi connectivity index (χ3v) is 3.18. The van der Waals surface area contributed by atoms with Crippen LogP contribution in [-0.4, -0.2) is 19.1 Å². The number of rotatable bonds is 6. The summed E-state index contributed by atoms with van der Waals surface area (Å²) in [5, 5.41) is 14.1. The van der Waals surface area contributed by atoms with Crippen molar-refractivity contribution in [2.24, 2.45) is 5.73 Å². The second-order valence-electron chi connectivity index (χ2n) is 4.50. The van der Waals surface area contributed by atoms with Crippen molar-refractivity contribution in [3.8, 4) is 11.5 Å². The number of nitrogens with two attached hydrogens (primary N) is 1. The van der Waals surface area contributed by atoms with Crippen molar-refractivity contribution in [1.29, 1.82) is 0 Å². The van der Waals surface area contributed by atoms with Crippen LogP contribution in [0.3, 0.4) is 0 Å². The zero-order valence-corrected chi connectivity index (χ0v) is 12.3. The highest BCUT2D eigenvalue weighted by atomic mass is 16.6. The molecule has 2 aromatic carbocycles. The molecular weight excluding hydrogens is 286 g/mol. The number of nitro groups is 1. The van der Waals surface area contributed by atoms with Gasteiger partial charge in [-0.25, -0.2) is 0 Å². The van der Waals surface area contributed by atoms with Gasteiger partial charge in [-0.3, -0.25) is 10.1 Å². The van der Waals surface area contributed by atoms with Gasteiger partial charge in [0, 0.05) is 29.9 Å². The Bertz CT molecular complexity index is 688. The summed E-state index contributed by atoms with van der Waals surface area (Å²) < 4.78 is 10.3. The molecule has 3 N–H and O–H groups in total. The molecule has 0 aliphatic carbocycles. The minimum Gasteiger partial charge on any atom is -0.497 e. The molecule has 0 aromatic heterocycles. The van der Waals surface area contributed by atoms with Gasteiger partial charge in [0.1, 0.15) is 17.2 Å². The molecule has 2 aromatic rings. The van der Waals surface area contributed by atoms with Crippen LogP contribution in [0.1, 0.15) is 5.56 Å². The van der Waals surface area contributed by atoms with Gasteiger partial charge in [0.15, 0.2) is 0 Å². The van der Waals surface area contributed by atoms with E-state index in [4.69, 9.17) is 15.2 Å². The van der Waals surface area contributed by atoms with E-state index >= 15 is 0 Å². The third kappa shape index (κ3) is 3.26. The van der Waals surface area contributed by atoms with Gasteiger partial charge in [0.05, 0.1) is 19.1 Å². The average Bonchev–Trinajstić information content (AvgIpc) is 2.54. The van der Waals surface area contributed by atoms with Gasteiger partial charge in [-0.05, 0) is 24.3 Å². The Kier molecular flexibility index (Phi) is 4.80. The lowest BCUT2D eigenvalue weighted by atomic mass is 10.1. The fraction of sp³-hybridized carbons (Fsp3) is 0.200. The minimum atomic E-state index is -0.449. The fourth-order valence-corrected chi connectivity index (χ4v) is 2.07. The topological polar surface area (TPSA) is 99.7 Å². The molecule has 0 unspecified atom stereocenters. The Morgan fingerprint density at radius 3 is 2.55 bits per heavy atom. The Hall–Kier alpha value is -2.80. The zero-order valence-electron chi connectivity index (χ0n) is 12.3. The summed E-state index contributed by atoms with van der Waals surface area (Å²) in [6.45, 7) is 0.304. The molecule has 0 heterocycles. The van der Waals surface area contributed by atoms with E-state index in [9.17, 15) is 10.1 Å². The van der Waals surface area contributed by atoms with Crippen molar-refractivity contribution in [3.63, 3.8) is 0 Å². The number of hydrogen-bond acceptors (Lipinski definition) is 6. The Labute approximate surface area is 127 Å². The molecule has 0 fully saturated rings. The summed E-state index contributed by atoms with van der Waals surface area (Å²) in [7, 11) is 3.07. The highest BCUT2D eigenvalue weighted by Gasteiger charge is 2.15. The van der Waals surface area contributed by atoms with Crippen molar-refractivity contribution < 1.29 is 14.4 Å². The van der Waals surface area contributed by atoms with Crippen LogP contribution >= 0.6 is 0 Å². The minimum absolute atomic E-state index is 0.0362. The number of nitrogens with one attached hydrogen (secondary N) is 1. The van der Waals surface area contributed by atoms with Gasteiger partial charge in [-0.2, -0.15) is 0 Å².